The fraction of sp³-hybridized carbons (Fsp3) is 0.667. The summed E-state index contributed by atoms with van der Waals surface area (Å²) in [6.45, 7) is 2.75. The van der Waals surface area contributed by atoms with Gasteiger partial charge in [-0.25, -0.2) is 13.4 Å². The summed E-state index contributed by atoms with van der Waals surface area (Å²) < 4.78 is 27.5. The zero-order chi connectivity index (χ0) is 15.6. The molecule has 3 heterocycles. The van der Waals surface area contributed by atoms with Crippen molar-refractivity contribution in [2.75, 3.05) is 31.1 Å². The molecule has 2 fully saturated rings. The molecule has 6 nitrogen and oxygen atoms in total. The fourth-order valence-electron chi connectivity index (χ4n) is 3.18. The topological polar surface area (TPSA) is 79.5 Å². The zero-order valence-electron chi connectivity index (χ0n) is 12.8. The maximum absolute atomic E-state index is 12.9. The van der Waals surface area contributed by atoms with Crippen molar-refractivity contribution in [3.8, 4) is 0 Å². The Labute approximate surface area is 132 Å². The van der Waals surface area contributed by atoms with Crippen LogP contribution in [0.2, 0.25) is 0 Å². The first-order chi connectivity index (χ1) is 10.6. The van der Waals surface area contributed by atoms with Crippen LogP contribution in [0.25, 0.3) is 0 Å². The van der Waals surface area contributed by atoms with Gasteiger partial charge in [0.2, 0.25) is 10.0 Å². The largest absolute Gasteiger partial charge is 0.355 e. The number of aromatic nitrogens is 1. The molecule has 0 bridgehead atoms. The second-order valence-electron chi connectivity index (χ2n) is 6.11. The van der Waals surface area contributed by atoms with Gasteiger partial charge in [0.05, 0.1) is 0 Å². The number of nitrogens with zero attached hydrogens (tertiary/aromatic N) is 3. The molecule has 0 aromatic carbocycles. The Morgan fingerprint density at radius 1 is 1.09 bits per heavy atom. The van der Waals surface area contributed by atoms with Crippen LogP contribution in [0.5, 0.6) is 0 Å². The van der Waals surface area contributed by atoms with Gasteiger partial charge in [0.25, 0.3) is 0 Å². The number of anilines is 1. The molecule has 2 saturated heterocycles. The van der Waals surface area contributed by atoms with E-state index < -0.39 is 10.0 Å². The van der Waals surface area contributed by atoms with E-state index in [-0.39, 0.29) is 6.04 Å². The van der Waals surface area contributed by atoms with Crippen molar-refractivity contribution in [1.82, 2.24) is 9.29 Å². The summed E-state index contributed by atoms with van der Waals surface area (Å²) in [4.78, 5) is 6.76. The molecule has 0 radical (unpaired) electrons. The molecule has 0 atom stereocenters. The van der Waals surface area contributed by atoms with Crippen molar-refractivity contribution in [1.29, 1.82) is 0 Å². The summed E-state index contributed by atoms with van der Waals surface area (Å²) in [7, 11) is -3.46. The standard InChI is InChI=1S/C15H24N4O2S/c16-13-6-11-18(12-7-13)15-14(5-4-8-17-15)22(20,21)19-9-2-1-3-10-19/h4-5,8,13H,1-3,6-7,9-12,16H2. The molecule has 7 heteroatoms. The first kappa shape index (κ1) is 15.7. The maximum Gasteiger partial charge on any atom is 0.246 e. The van der Waals surface area contributed by atoms with Crippen molar-refractivity contribution >= 4 is 15.8 Å². The van der Waals surface area contributed by atoms with Crippen LogP contribution in [0, 0.1) is 0 Å². The molecular formula is C15H24N4O2S. The van der Waals surface area contributed by atoms with E-state index in [9.17, 15) is 8.42 Å². The molecule has 0 aliphatic carbocycles. The van der Waals surface area contributed by atoms with E-state index in [0.29, 0.717) is 23.8 Å². The van der Waals surface area contributed by atoms with Gasteiger partial charge in [-0.15, -0.1) is 0 Å². The molecule has 1 aromatic heterocycles. The normalized spacial score (nSPS) is 22.0. The Bertz CT molecular complexity index is 606. The van der Waals surface area contributed by atoms with E-state index in [4.69, 9.17) is 5.73 Å². The third-order valence-corrected chi connectivity index (χ3v) is 6.44. The Morgan fingerprint density at radius 3 is 2.45 bits per heavy atom. The van der Waals surface area contributed by atoms with E-state index in [1.807, 2.05) is 0 Å². The lowest BCUT2D eigenvalue weighted by Gasteiger charge is -2.33. The molecular weight excluding hydrogens is 300 g/mol. The summed E-state index contributed by atoms with van der Waals surface area (Å²) in [6.07, 6.45) is 6.40. The molecule has 22 heavy (non-hydrogen) atoms. The lowest BCUT2D eigenvalue weighted by molar-refractivity contribution is 0.346. The van der Waals surface area contributed by atoms with Crippen molar-refractivity contribution in [2.45, 2.75) is 43.0 Å². The quantitative estimate of drug-likeness (QED) is 0.903. The fourth-order valence-corrected chi connectivity index (χ4v) is 4.86. The number of hydrogen-bond donors (Lipinski definition) is 1. The molecule has 1 aromatic rings. The van der Waals surface area contributed by atoms with Gasteiger partial charge < -0.3 is 10.6 Å². The highest BCUT2D eigenvalue weighted by Gasteiger charge is 2.31. The number of nitrogens with two attached hydrogens (primary N) is 1. The first-order valence-corrected chi connectivity index (χ1v) is 9.49. The smallest absolute Gasteiger partial charge is 0.246 e. The van der Waals surface area contributed by atoms with Crippen LogP contribution < -0.4 is 10.6 Å². The van der Waals surface area contributed by atoms with Crippen molar-refractivity contribution in [2.24, 2.45) is 5.73 Å². The van der Waals surface area contributed by atoms with Crippen molar-refractivity contribution in [3.05, 3.63) is 18.3 Å². The molecule has 0 saturated carbocycles. The third-order valence-electron chi connectivity index (χ3n) is 4.52. The summed E-state index contributed by atoms with van der Waals surface area (Å²) in [5, 5.41) is 0. The van der Waals surface area contributed by atoms with E-state index >= 15 is 0 Å². The second-order valence-corrected chi connectivity index (χ2v) is 8.02. The molecule has 122 valence electrons. The molecule has 2 N–H and O–H groups in total. The monoisotopic (exact) mass is 324 g/mol. The molecule has 2 aliphatic heterocycles. The van der Waals surface area contributed by atoms with Crippen LogP contribution in [0.15, 0.2) is 23.2 Å². The number of rotatable bonds is 3. The minimum absolute atomic E-state index is 0.210. The van der Waals surface area contributed by atoms with Gasteiger partial charge in [-0.3, -0.25) is 0 Å². The molecule has 0 amide bonds. The van der Waals surface area contributed by atoms with E-state index in [1.165, 1.54) is 0 Å². The Kier molecular flexibility index (Phi) is 4.65. The lowest BCUT2D eigenvalue weighted by Crippen LogP contribution is -2.41. The molecule has 0 spiro atoms. The SMILES string of the molecule is NC1CCN(c2ncccc2S(=O)(=O)N2CCCCC2)CC1. The molecule has 2 aliphatic rings. The first-order valence-electron chi connectivity index (χ1n) is 8.05. The van der Waals surface area contributed by atoms with Gasteiger partial charge in [-0.05, 0) is 37.8 Å². The Balaban J connectivity index is 1.90. The predicted molar refractivity (Wildman–Crippen MR) is 86.3 cm³/mol. The van der Waals surface area contributed by atoms with Crippen LogP contribution in [-0.4, -0.2) is 49.9 Å². The summed E-state index contributed by atoms with van der Waals surface area (Å²) >= 11 is 0. The van der Waals surface area contributed by atoms with E-state index in [0.717, 1.165) is 45.2 Å². The van der Waals surface area contributed by atoms with Crippen LogP contribution in [-0.2, 0) is 10.0 Å². The van der Waals surface area contributed by atoms with Crippen molar-refractivity contribution < 1.29 is 8.42 Å². The van der Waals surface area contributed by atoms with Crippen LogP contribution in [0.1, 0.15) is 32.1 Å². The number of pyridine rings is 1. The lowest BCUT2D eigenvalue weighted by atomic mass is 10.1. The number of sulfonamides is 1. The van der Waals surface area contributed by atoms with E-state index in [1.54, 1.807) is 22.6 Å². The minimum atomic E-state index is -3.46. The third kappa shape index (κ3) is 3.11. The maximum atomic E-state index is 12.9. The van der Waals surface area contributed by atoms with Crippen LogP contribution in [0.4, 0.5) is 5.82 Å². The van der Waals surface area contributed by atoms with Gasteiger partial charge >= 0.3 is 0 Å². The van der Waals surface area contributed by atoms with Gasteiger partial charge in [-0.1, -0.05) is 6.42 Å². The number of hydrogen-bond acceptors (Lipinski definition) is 5. The van der Waals surface area contributed by atoms with Gasteiger partial charge in [0.15, 0.2) is 0 Å². The van der Waals surface area contributed by atoms with Crippen molar-refractivity contribution in [3.63, 3.8) is 0 Å². The Morgan fingerprint density at radius 2 is 1.77 bits per heavy atom. The van der Waals surface area contributed by atoms with E-state index in [2.05, 4.69) is 9.88 Å². The van der Waals surface area contributed by atoms with Gasteiger partial charge in [0, 0.05) is 38.4 Å². The Hall–Kier alpha value is -1.18. The number of piperidine rings is 2. The average molecular weight is 324 g/mol. The summed E-state index contributed by atoms with van der Waals surface area (Å²) in [5.74, 6) is 0.583. The van der Waals surface area contributed by atoms with Gasteiger partial charge in [-0.2, -0.15) is 4.31 Å². The highest BCUT2D eigenvalue weighted by Crippen LogP contribution is 2.29. The molecule has 0 unspecified atom stereocenters. The highest BCUT2D eigenvalue weighted by molar-refractivity contribution is 7.89. The van der Waals surface area contributed by atoms with Crippen LogP contribution in [0.3, 0.4) is 0 Å². The summed E-state index contributed by atoms with van der Waals surface area (Å²) in [6, 6.07) is 3.60. The second kappa shape index (κ2) is 6.52. The molecule has 3 rings (SSSR count). The van der Waals surface area contributed by atoms with Crippen LogP contribution >= 0.6 is 0 Å². The predicted octanol–water partition coefficient (Wildman–Crippen LogP) is 1.18. The summed E-state index contributed by atoms with van der Waals surface area (Å²) in [5.41, 5.74) is 5.94. The highest BCUT2D eigenvalue weighted by atomic mass is 32.2. The average Bonchev–Trinajstić information content (AvgIpc) is 2.56. The van der Waals surface area contributed by atoms with Gasteiger partial charge in [0.1, 0.15) is 10.7 Å². The zero-order valence-corrected chi connectivity index (χ0v) is 13.6. The minimum Gasteiger partial charge on any atom is -0.355 e.